The Labute approximate surface area is 118 Å². The Hall–Kier alpha value is -1.42. The Morgan fingerprint density at radius 3 is 2.47 bits per heavy atom. The van der Waals surface area contributed by atoms with Crippen molar-refractivity contribution in [3.05, 3.63) is 28.0 Å². The van der Waals surface area contributed by atoms with Gasteiger partial charge in [-0.1, -0.05) is 28.4 Å². The van der Waals surface area contributed by atoms with Crippen molar-refractivity contribution < 1.29 is 8.42 Å². The van der Waals surface area contributed by atoms with Gasteiger partial charge in [0.15, 0.2) is 5.82 Å². The van der Waals surface area contributed by atoms with Crippen LogP contribution in [-0.4, -0.2) is 29.0 Å². The zero-order valence-corrected chi connectivity index (χ0v) is 11.6. The molecule has 2 aromatic rings. The average Bonchev–Trinajstić information content (AvgIpc) is 2.77. The SMILES string of the molecule is Nc1cc(Cl)c(S(=O)(=O)NCc2nn[nH]n2)c(Cl)c1. The average molecular weight is 323 g/mol. The number of nitrogen functional groups attached to an aromatic ring is 1. The van der Waals surface area contributed by atoms with E-state index in [9.17, 15) is 8.42 Å². The molecule has 2 rings (SSSR count). The van der Waals surface area contributed by atoms with E-state index >= 15 is 0 Å². The van der Waals surface area contributed by atoms with Crippen molar-refractivity contribution in [3.8, 4) is 0 Å². The first-order valence-electron chi connectivity index (χ1n) is 4.86. The quantitative estimate of drug-likeness (QED) is 0.706. The van der Waals surface area contributed by atoms with Gasteiger partial charge in [0, 0.05) is 5.69 Å². The van der Waals surface area contributed by atoms with Crippen LogP contribution in [0.5, 0.6) is 0 Å². The Morgan fingerprint density at radius 2 is 1.95 bits per heavy atom. The lowest BCUT2D eigenvalue weighted by atomic mass is 10.3. The second kappa shape index (κ2) is 5.29. The van der Waals surface area contributed by atoms with Gasteiger partial charge in [0.1, 0.15) is 4.90 Å². The molecular formula is C8H8Cl2N6O2S. The number of rotatable bonds is 4. The maximum atomic E-state index is 12.1. The van der Waals surface area contributed by atoms with Gasteiger partial charge in [0.05, 0.1) is 16.6 Å². The predicted molar refractivity (Wildman–Crippen MR) is 69.1 cm³/mol. The standard InChI is InChI=1S/C8H8Cl2N6O2S/c9-5-1-4(11)2-6(10)8(5)19(17,18)12-3-7-13-15-16-14-7/h1-2,12H,3,11H2,(H,13,14,15,16). The smallest absolute Gasteiger partial charge is 0.243 e. The number of nitrogens with one attached hydrogen (secondary N) is 2. The summed E-state index contributed by atoms with van der Waals surface area (Å²) in [5.41, 5.74) is 5.78. The molecule has 0 amide bonds. The summed E-state index contributed by atoms with van der Waals surface area (Å²) in [6, 6.07) is 2.60. The van der Waals surface area contributed by atoms with Crippen LogP contribution in [0.1, 0.15) is 5.82 Å². The third kappa shape index (κ3) is 3.13. The highest BCUT2D eigenvalue weighted by molar-refractivity contribution is 7.89. The Kier molecular flexibility index (Phi) is 3.90. The van der Waals surface area contributed by atoms with Crippen molar-refractivity contribution in [2.45, 2.75) is 11.4 Å². The lowest BCUT2D eigenvalue weighted by Gasteiger charge is -2.09. The van der Waals surface area contributed by atoms with Gasteiger partial charge in [-0.05, 0) is 12.1 Å². The Bertz CT molecular complexity index is 664. The van der Waals surface area contributed by atoms with Crippen LogP contribution >= 0.6 is 23.2 Å². The zero-order valence-electron chi connectivity index (χ0n) is 9.26. The van der Waals surface area contributed by atoms with Crippen LogP contribution in [0.2, 0.25) is 10.0 Å². The minimum Gasteiger partial charge on any atom is -0.399 e. The number of nitrogens with zero attached hydrogens (tertiary/aromatic N) is 3. The Balaban J connectivity index is 2.29. The van der Waals surface area contributed by atoms with E-state index in [1.165, 1.54) is 12.1 Å². The van der Waals surface area contributed by atoms with Gasteiger partial charge in [0.2, 0.25) is 10.0 Å². The molecule has 0 saturated heterocycles. The van der Waals surface area contributed by atoms with Crippen LogP contribution < -0.4 is 10.5 Å². The van der Waals surface area contributed by atoms with E-state index in [4.69, 9.17) is 28.9 Å². The molecule has 4 N–H and O–H groups in total. The highest BCUT2D eigenvalue weighted by Gasteiger charge is 2.22. The minimum absolute atomic E-state index is 0.0642. The van der Waals surface area contributed by atoms with Gasteiger partial charge in [-0.25, -0.2) is 13.1 Å². The molecule has 8 nitrogen and oxygen atoms in total. The third-order valence-electron chi connectivity index (χ3n) is 2.10. The largest absolute Gasteiger partial charge is 0.399 e. The number of halogens is 2. The number of aromatic nitrogens is 4. The molecule has 0 aliphatic heterocycles. The maximum Gasteiger partial charge on any atom is 0.243 e. The third-order valence-corrected chi connectivity index (χ3v) is 4.42. The van der Waals surface area contributed by atoms with Crippen molar-refractivity contribution in [1.29, 1.82) is 0 Å². The molecule has 0 fully saturated rings. The molecule has 102 valence electrons. The zero-order chi connectivity index (χ0) is 14.0. The second-order valence-electron chi connectivity index (χ2n) is 3.47. The molecule has 0 radical (unpaired) electrons. The van der Waals surface area contributed by atoms with E-state index in [1.807, 2.05) is 0 Å². The Morgan fingerprint density at radius 1 is 1.32 bits per heavy atom. The highest BCUT2D eigenvalue weighted by atomic mass is 35.5. The van der Waals surface area contributed by atoms with E-state index in [0.29, 0.717) is 0 Å². The summed E-state index contributed by atoms with van der Waals surface area (Å²) in [4.78, 5) is -0.242. The van der Waals surface area contributed by atoms with Crippen molar-refractivity contribution >= 4 is 38.9 Å². The van der Waals surface area contributed by atoms with Gasteiger partial charge in [-0.2, -0.15) is 5.21 Å². The first-order valence-corrected chi connectivity index (χ1v) is 7.10. The molecule has 1 aromatic heterocycles. The fraction of sp³-hybridized carbons (Fsp3) is 0.125. The summed E-state index contributed by atoms with van der Waals surface area (Å²) < 4.78 is 26.4. The number of sulfonamides is 1. The number of tetrazole rings is 1. The van der Waals surface area contributed by atoms with Crippen LogP contribution in [0, 0.1) is 0 Å². The number of anilines is 1. The first-order chi connectivity index (χ1) is 8.90. The van der Waals surface area contributed by atoms with Crippen molar-refractivity contribution in [1.82, 2.24) is 25.3 Å². The minimum atomic E-state index is -3.91. The van der Waals surface area contributed by atoms with Crippen LogP contribution in [0.15, 0.2) is 17.0 Å². The number of aromatic amines is 1. The maximum absolute atomic E-state index is 12.1. The van der Waals surface area contributed by atoms with Gasteiger partial charge in [-0.3, -0.25) is 0 Å². The van der Waals surface area contributed by atoms with E-state index in [2.05, 4.69) is 25.3 Å². The molecule has 11 heteroatoms. The molecular weight excluding hydrogens is 315 g/mol. The van der Waals surface area contributed by atoms with Crippen LogP contribution in [0.3, 0.4) is 0 Å². The topological polar surface area (TPSA) is 127 Å². The highest BCUT2D eigenvalue weighted by Crippen LogP contribution is 2.31. The molecule has 0 aliphatic rings. The summed E-state index contributed by atoms with van der Waals surface area (Å²) in [5.74, 6) is 0.186. The van der Waals surface area contributed by atoms with Gasteiger partial charge in [-0.15, -0.1) is 10.2 Å². The van der Waals surface area contributed by atoms with E-state index in [-0.39, 0.29) is 33.0 Å². The summed E-state index contributed by atoms with van der Waals surface area (Å²) >= 11 is 11.7. The molecule has 1 heterocycles. The van der Waals surface area contributed by atoms with E-state index < -0.39 is 10.0 Å². The fourth-order valence-electron chi connectivity index (χ4n) is 1.33. The molecule has 1 aromatic carbocycles. The molecule has 19 heavy (non-hydrogen) atoms. The predicted octanol–water partition coefficient (Wildman–Crippen LogP) is 0.567. The van der Waals surface area contributed by atoms with Crippen LogP contribution in [-0.2, 0) is 16.6 Å². The van der Waals surface area contributed by atoms with Crippen molar-refractivity contribution in [2.24, 2.45) is 0 Å². The number of benzene rings is 1. The number of nitrogens with two attached hydrogens (primary N) is 1. The van der Waals surface area contributed by atoms with Gasteiger partial charge in [0.25, 0.3) is 0 Å². The van der Waals surface area contributed by atoms with Gasteiger partial charge >= 0.3 is 0 Å². The van der Waals surface area contributed by atoms with Crippen molar-refractivity contribution in [2.75, 3.05) is 5.73 Å². The lowest BCUT2D eigenvalue weighted by molar-refractivity contribution is 0.579. The molecule has 0 bridgehead atoms. The van der Waals surface area contributed by atoms with Crippen molar-refractivity contribution in [3.63, 3.8) is 0 Å². The van der Waals surface area contributed by atoms with Crippen LogP contribution in [0.4, 0.5) is 5.69 Å². The second-order valence-corrected chi connectivity index (χ2v) is 5.98. The lowest BCUT2D eigenvalue weighted by Crippen LogP contribution is -2.24. The summed E-state index contributed by atoms with van der Waals surface area (Å²) in [6.07, 6.45) is 0. The summed E-state index contributed by atoms with van der Waals surface area (Å²) in [6.45, 7) is -0.143. The van der Waals surface area contributed by atoms with E-state index in [0.717, 1.165) is 0 Å². The summed E-state index contributed by atoms with van der Waals surface area (Å²) in [7, 11) is -3.91. The fourth-order valence-corrected chi connectivity index (χ4v) is 3.53. The molecule has 0 unspecified atom stereocenters. The van der Waals surface area contributed by atoms with Gasteiger partial charge < -0.3 is 5.73 Å². The number of H-pyrrole nitrogens is 1. The molecule has 0 aliphatic carbocycles. The molecule has 0 saturated carbocycles. The normalized spacial score (nSPS) is 11.7. The summed E-state index contributed by atoms with van der Waals surface area (Å²) in [5, 5.41) is 12.6. The molecule has 0 atom stereocenters. The monoisotopic (exact) mass is 322 g/mol. The first kappa shape index (κ1) is 14.0. The number of hydrogen-bond donors (Lipinski definition) is 3. The van der Waals surface area contributed by atoms with E-state index in [1.54, 1.807) is 0 Å². The van der Waals surface area contributed by atoms with Crippen LogP contribution in [0.25, 0.3) is 0 Å². The number of hydrogen-bond acceptors (Lipinski definition) is 6. The molecule has 0 spiro atoms.